The SMILES string of the molecule is CNCCN(C)C(=O)c1sc2nc(C(F)(F)F)ccc2c1C. The summed E-state index contributed by atoms with van der Waals surface area (Å²) in [4.78, 5) is 18.2. The van der Waals surface area contributed by atoms with Crippen molar-refractivity contribution in [3.8, 4) is 0 Å². The highest BCUT2D eigenvalue weighted by Gasteiger charge is 2.33. The number of hydrogen-bond acceptors (Lipinski definition) is 4. The van der Waals surface area contributed by atoms with Crippen LogP contribution in [-0.2, 0) is 6.18 Å². The van der Waals surface area contributed by atoms with Gasteiger partial charge in [-0.3, -0.25) is 4.79 Å². The second kappa shape index (κ2) is 6.21. The zero-order chi connectivity index (χ0) is 16.5. The third-order valence-corrected chi connectivity index (χ3v) is 4.52. The smallest absolute Gasteiger partial charge is 0.340 e. The van der Waals surface area contributed by atoms with Crippen LogP contribution in [0.15, 0.2) is 12.1 Å². The molecule has 22 heavy (non-hydrogen) atoms. The third kappa shape index (κ3) is 3.22. The molecular weight excluding hydrogens is 315 g/mol. The average molecular weight is 331 g/mol. The van der Waals surface area contributed by atoms with Gasteiger partial charge in [0.1, 0.15) is 10.5 Å². The Bertz CT molecular complexity index is 696. The number of pyridine rings is 1. The van der Waals surface area contributed by atoms with Crippen molar-refractivity contribution in [1.29, 1.82) is 0 Å². The number of likely N-dealkylation sites (N-methyl/N-ethyl adjacent to an activating group) is 2. The first-order valence-corrected chi connectivity index (χ1v) is 7.44. The van der Waals surface area contributed by atoms with Gasteiger partial charge in [-0.15, -0.1) is 11.3 Å². The number of fused-ring (bicyclic) bond motifs is 1. The van der Waals surface area contributed by atoms with Crippen molar-refractivity contribution < 1.29 is 18.0 Å². The summed E-state index contributed by atoms with van der Waals surface area (Å²) >= 11 is 1.00. The molecule has 0 bridgehead atoms. The van der Waals surface area contributed by atoms with Gasteiger partial charge in [0.05, 0.1) is 4.88 Å². The second-order valence-corrected chi connectivity index (χ2v) is 5.93. The van der Waals surface area contributed by atoms with E-state index < -0.39 is 11.9 Å². The summed E-state index contributed by atoms with van der Waals surface area (Å²) in [6, 6.07) is 2.32. The molecule has 4 nitrogen and oxygen atoms in total. The van der Waals surface area contributed by atoms with E-state index in [4.69, 9.17) is 0 Å². The number of rotatable bonds is 4. The number of hydrogen-bond donors (Lipinski definition) is 1. The average Bonchev–Trinajstić information content (AvgIpc) is 2.79. The molecule has 0 aliphatic heterocycles. The van der Waals surface area contributed by atoms with Gasteiger partial charge in [0, 0.05) is 25.5 Å². The summed E-state index contributed by atoms with van der Waals surface area (Å²) < 4.78 is 38.1. The van der Waals surface area contributed by atoms with Gasteiger partial charge in [0.15, 0.2) is 0 Å². The minimum Gasteiger partial charge on any atom is -0.340 e. The van der Waals surface area contributed by atoms with Crippen LogP contribution in [0.1, 0.15) is 20.9 Å². The van der Waals surface area contributed by atoms with E-state index in [1.807, 2.05) is 0 Å². The van der Waals surface area contributed by atoms with Crippen molar-refractivity contribution in [2.45, 2.75) is 13.1 Å². The van der Waals surface area contributed by atoms with Crippen LogP contribution in [0.2, 0.25) is 0 Å². The quantitative estimate of drug-likeness (QED) is 0.937. The Morgan fingerprint density at radius 1 is 1.41 bits per heavy atom. The van der Waals surface area contributed by atoms with E-state index in [0.717, 1.165) is 17.4 Å². The number of aryl methyl sites for hydroxylation is 1. The Balaban J connectivity index is 2.40. The molecule has 120 valence electrons. The van der Waals surface area contributed by atoms with Crippen LogP contribution in [0.3, 0.4) is 0 Å². The zero-order valence-electron chi connectivity index (χ0n) is 12.4. The first-order chi connectivity index (χ1) is 10.3. The van der Waals surface area contributed by atoms with Crippen LogP contribution in [-0.4, -0.2) is 43.0 Å². The number of aromatic nitrogens is 1. The number of thiophene rings is 1. The maximum Gasteiger partial charge on any atom is 0.433 e. The van der Waals surface area contributed by atoms with E-state index in [0.29, 0.717) is 28.9 Å². The molecule has 2 heterocycles. The Labute approximate surface area is 129 Å². The van der Waals surface area contributed by atoms with Crippen molar-refractivity contribution in [3.05, 3.63) is 28.3 Å². The summed E-state index contributed by atoms with van der Waals surface area (Å²) in [5.41, 5.74) is -0.272. The van der Waals surface area contributed by atoms with Gasteiger partial charge >= 0.3 is 6.18 Å². The van der Waals surface area contributed by atoms with Crippen molar-refractivity contribution in [2.24, 2.45) is 0 Å². The van der Waals surface area contributed by atoms with Gasteiger partial charge in [-0.1, -0.05) is 0 Å². The van der Waals surface area contributed by atoms with Crippen molar-refractivity contribution in [3.63, 3.8) is 0 Å². The molecule has 1 N–H and O–H groups in total. The highest BCUT2D eigenvalue weighted by molar-refractivity contribution is 7.20. The largest absolute Gasteiger partial charge is 0.433 e. The lowest BCUT2D eigenvalue weighted by Crippen LogP contribution is -2.32. The van der Waals surface area contributed by atoms with Gasteiger partial charge in [-0.2, -0.15) is 13.2 Å². The molecule has 2 aromatic rings. The van der Waals surface area contributed by atoms with E-state index >= 15 is 0 Å². The molecule has 2 aromatic heterocycles. The van der Waals surface area contributed by atoms with E-state index in [2.05, 4.69) is 10.3 Å². The topological polar surface area (TPSA) is 45.2 Å². The van der Waals surface area contributed by atoms with Gasteiger partial charge in [0.25, 0.3) is 5.91 Å². The maximum atomic E-state index is 12.7. The Hall–Kier alpha value is -1.67. The molecule has 1 amide bonds. The van der Waals surface area contributed by atoms with Crippen LogP contribution < -0.4 is 5.32 Å². The number of amides is 1. The lowest BCUT2D eigenvalue weighted by atomic mass is 10.1. The molecule has 2 rings (SSSR count). The molecule has 0 aliphatic carbocycles. The molecule has 0 atom stereocenters. The summed E-state index contributed by atoms with van der Waals surface area (Å²) in [6.07, 6.45) is -4.49. The first kappa shape index (κ1) is 16.7. The number of nitrogens with one attached hydrogen (secondary N) is 1. The maximum absolute atomic E-state index is 12.7. The second-order valence-electron chi connectivity index (χ2n) is 4.93. The molecule has 8 heteroatoms. The predicted octanol–water partition coefficient (Wildman–Crippen LogP) is 2.91. The van der Waals surface area contributed by atoms with E-state index in [9.17, 15) is 18.0 Å². The van der Waals surface area contributed by atoms with E-state index in [-0.39, 0.29) is 10.7 Å². The monoisotopic (exact) mass is 331 g/mol. The molecule has 0 spiro atoms. The number of carbonyl (C=O) groups is 1. The number of alkyl halides is 3. The Morgan fingerprint density at radius 2 is 2.09 bits per heavy atom. The van der Waals surface area contributed by atoms with Gasteiger partial charge in [0.2, 0.25) is 0 Å². The third-order valence-electron chi connectivity index (χ3n) is 3.33. The first-order valence-electron chi connectivity index (χ1n) is 6.63. The standard InChI is InChI=1S/C14H16F3N3OS/c1-8-9-4-5-10(14(15,16)17)19-12(9)22-11(8)13(21)20(3)7-6-18-2/h4-5,18H,6-7H2,1-3H3. The number of carbonyl (C=O) groups excluding carboxylic acids is 1. The van der Waals surface area contributed by atoms with Crippen molar-refractivity contribution in [2.75, 3.05) is 27.2 Å². The molecular formula is C14H16F3N3OS. The fourth-order valence-electron chi connectivity index (χ4n) is 2.02. The summed E-state index contributed by atoms with van der Waals surface area (Å²) in [5.74, 6) is -0.204. The molecule has 0 radical (unpaired) electrons. The number of halogens is 3. The minimum absolute atomic E-state index is 0.204. The van der Waals surface area contributed by atoms with Crippen LogP contribution in [0.4, 0.5) is 13.2 Å². The molecule has 0 saturated carbocycles. The molecule has 0 aliphatic rings. The van der Waals surface area contributed by atoms with Crippen LogP contribution >= 0.6 is 11.3 Å². The van der Waals surface area contributed by atoms with E-state index in [1.54, 1.807) is 25.9 Å². The zero-order valence-corrected chi connectivity index (χ0v) is 13.2. The Kier molecular flexibility index (Phi) is 4.72. The fourth-order valence-corrected chi connectivity index (χ4v) is 3.19. The van der Waals surface area contributed by atoms with Crippen LogP contribution in [0.25, 0.3) is 10.2 Å². The number of nitrogens with zero attached hydrogens (tertiary/aromatic N) is 2. The Morgan fingerprint density at radius 3 is 2.68 bits per heavy atom. The minimum atomic E-state index is -4.49. The van der Waals surface area contributed by atoms with Crippen molar-refractivity contribution in [1.82, 2.24) is 15.2 Å². The summed E-state index contributed by atoms with van der Waals surface area (Å²) in [5, 5.41) is 3.53. The summed E-state index contributed by atoms with van der Waals surface area (Å²) in [7, 11) is 3.45. The van der Waals surface area contributed by atoms with Crippen LogP contribution in [0, 0.1) is 6.92 Å². The van der Waals surface area contributed by atoms with E-state index in [1.165, 1.54) is 6.07 Å². The molecule has 0 fully saturated rings. The summed E-state index contributed by atoms with van der Waals surface area (Å²) in [6.45, 7) is 2.89. The normalized spacial score (nSPS) is 11.9. The lowest BCUT2D eigenvalue weighted by Gasteiger charge is -2.16. The molecule has 0 aromatic carbocycles. The molecule has 0 unspecified atom stereocenters. The predicted molar refractivity (Wildman–Crippen MR) is 80.2 cm³/mol. The van der Waals surface area contributed by atoms with Crippen LogP contribution in [0.5, 0.6) is 0 Å². The van der Waals surface area contributed by atoms with Gasteiger partial charge < -0.3 is 10.2 Å². The fraction of sp³-hybridized carbons (Fsp3) is 0.429. The highest BCUT2D eigenvalue weighted by atomic mass is 32.1. The molecule has 0 saturated heterocycles. The van der Waals surface area contributed by atoms with Gasteiger partial charge in [-0.05, 0) is 31.7 Å². The van der Waals surface area contributed by atoms with Gasteiger partial charge in [-0.25, -0.2) is 4.98 Å². The lowest BCUT2D eigenvalue weighted by molar-refractivity contribution is -0.140. The highest BCUT2D eigenvalue weighted by Crippen LogP contribution is 2.34. The van der Waals surface area contributed by atoms with Crippen molar-refractivity contribution >= 4 is 27.5 Å².